The summed E-state index contributed by atoms with van der Waals surface area (Å²) in [6, 6.07) is 31.3. The van der Waals surface area contributed by atoms with Crippen molar-refractivity contribution in [1.82, 2.24) is 30.5 Å². The summed E-state index contributed by atoms with van der Waals surface area (Å²) >= 11 is 0. The fourth-order valence-electron chi connectivity index (χ4n) is 8.36. The van der Waals surface area contributed by atoms with Crippen LogP contribution in [0, 0.1) is 0 Å². The van der Waals surface area contributed by atoms with Crippen LogP contribution in [0.5, 0.6) is 0 Å². The SMILES string of the molecule is CN(C)c1cccc2c(S(=O)(=O)NCCNC(=O)c3cc(C(=O)N[C@H]4CCCC[C@@H]4OCc4ccccc4)n(CC(=O)N[C@H]4CCCC[C@@H]4OCc4ccccc4)n3)cccc12. The van der Waals surface area contributed by atoms with E-state index in [0.717, 1.165) is 67.1 Å². The molecular formula is C47H57N7O7S. The Labute approximate surface area is 363 Å². The van der Waals surface area contributed by atoms with Crippen molar-refractivity contribution in [2.24, 2.45) is 0 Å². The lowest BCUT2D eigenvalue weighted by atomic mass is 9.92. The Kier molecular flexibility index (Phi) is 15.0. The van der Waals surface area contributed by atoms with Crippen molar-refractivity contribution in [3.05, 3.63) is 126 Å². The second-order valence-corrected chi connectivity index (χ2v) is 18.0. The maximum atomic E-state index is 14.1. The molecule has 4 N–H and O–H groups in total. The van der Waals surface area contributed by atoms with E-state index in [0.29, 0.717) is 25.0 Å². The molecule has 1 heterocycles. The van der Waals surface area contributed by atoms with Crippen molar-refractivity contribution < 1.29 is 32.3 Å². The standard InChI is InChI=1S/C47H57N7O7S/c1-53(2)40-23-13-20-36-35(40)19-14-26-44(36)62(58,59)49-28-27-48-46(56)39-29-41(47(57)51-38-22-10-12-25-43(38)61-32-34-17-7-4-8-18-34)54(52-39)30-45(55)50-37-21-9-11-24-42(37)60-31-33-15-5-3-6-16-33/h3-8,13-20,23,26,29,37-38,42-43,49H,9-12,21-22,24-25,27-28,30-32H2,1-2H3,(H,48,56)(H,50,55)(H,51,57)/t37-,38-,42-,43-/m0/s1. The van der Waals surface area contributed by atoms with Crippen LogP contribution in [-0.2, 0) is 44.1 Å². The fraction of sp³-hybridized carbons (Fsp3) is 0.404. The minimum Gasteiger partial charge on any atom is -0.377 e. The summed E-state index contributed by atoms with van der Waals surface area (Å²) in [4.78, 5) is 43.4. The number of nitrogens with one attached hydrogen (secondary N) is 4. The van der Waals surface area contributed by atoms with Gasteiger partial charge in [-0.05, 0) is 48.9 Å². The van der Waals surface area contributed by atoms with Crippen LogP contribution in [0.4, 0.5) is 5.69 Å². The highest BCUT2D eigenvalue weighted by Gasteiger charge is 2.31. The summed E-state index contributed by atoms with van der Waals surface area (Å²) in [5.41, 5.74) is 2.93. The van der Waals surface area contributed by atoms with Crippen LogP contribution in [0.1, 0.15) is 83.5 Å². The van der Waals surface area contributed by atoms with Crippen LogP contribution in [0.3, 0.4) is 0 Å². The molecule has 2 aliphatic carbocycles. The summed E-state index contributed by atoms with van der Waals surface area (Å²) in [5.74, 6) is -1.47. The zero-order chi connectivity index (χ0) is 43.5. The number of benzene rings is 4. The molecule has 1 aromatic heterocycles. The number of aromatic nitrogens is 2. The van der Waals surface area contributed by atoms with Crippen molar-refractivity contribution in [3.63, 3.8) is 0 Å². The van der Waals surface area contributed by atoms with E-state index in [4.69, 9.17) is 9.47 Å². The Morgan fingerprint density at radius 1 is 0.694 bits per heavy atom. The molecular weight excluding hydrogens is 807 g/mol. The minimum absolute atomic E-state index is 0.0481. The lowest BCUT2D eigenvalue weighted by molar-refractivity contribution is -0.124. The molecule has 0 unspecified atom stereocenters. The monoisotopic (exact) mass is 863 g/mol. The van der Waals surface area contributed by atoms with E-state index >= 15 is 0 Å². The van der Waals surface area contributed by atoms with E-state index < -0.39 is 21.8 Å². The van der Waals surface area contributed by atoms with Gasteiger partial charge in [-0.15, -0.1) is 0 Å². The van der Waals surface area contributed by atoms with Gasteiger partial charge in [-0.25, -0.2) is 17.8 Å². The van der Waals surface area contributed by atoms with Gasteiger partial charge >= 0.3 is 0 Å². The Morgan fingerprint density at radius 3 is 1.90 bits per heavy atom. The molecule has 0 bridgehead atoms. The number of carbonyl (C=O) groups excluding carboxylic acids is 3. The lowest BCUT2D eigenvalue weighted by Crippen LogP contribution is -2.48. The van der Waals surface area contributed by atoms with Crippen molar-refractivity contribution in [2.45, 2.75) is 100 Å². The average molecular weight is 864 g/mol. The van der Waals surface area contributed by atoms with Gasteiger partial charge in [-0.3, -0.25) is 14.4 Å². The topological polar surface area (TPSA) is 173 Å². The number of hydrogen-bond acceptors (Lipinski definition) is 9. The number of sulfonamides is 1. The molecule has 7 rings (SSSR count). The van der Waals surface area contributed by atoms with Crippen LogP contribution in [0.2, 0.25) is 0 Å². The van der Waals surface area contributed by atoms with Gasteiger partial charge in [0, 0.05) is 49.7 Å². The Hall–Kier alpha value is -5.61. The highest BCUT2D eigenvalue weighted by atomic mass is 32.2. The second-order valence-electron chi connectivity index (χ2n) is 16.2. The smallest absolute Gasteiger partial charge is 0.271 e. The van der Waals surface area contributed by atoms with Crippen LogP contribution < -0.4 is 25.6 Å². The Bertz CT molecular complexity index is 2410. The van der Waals surface area contributed by atoms with E-state index in [1.807, 2.05) is 97.9 Å². The van der Waals surface area contributed by atoms with Gasteiger partial charge in [0.1, 0.15) is 12.2 Å². The van der Waals surface area contributed by atoms with Crippen LogP contribution in [-0.4, -0.2) is 87.4 Å². The van der Waals surface area contributed by atoms with Crippen LogP contribution in [0.15, 0.2) is 108 Å². The average Bonchev–Trinajstić information content (AvgIpc) is 3.71. The number of amides is 3. The summed E-state index contributed by atoms with van der Waals surface area (Å²) in [6.45, 7) is 0.369. The number of carbonyl (C=O) groups is 3. The van der Waals surface area contributed by atoms with Gasteiger partial charge in [0.05, 0.1) is 42.4 Å². The van der Waals surface area contributed by atoms with Gasteiger partial charge in [0.25, 0.3) is 11.8 Å². The normalized spacial score (nSPS) is 19.1. The molecule has 2 fully saturated rings. The molecule has 0 radical (unpaired) electrons. The third-order valence-electron chi connectivity index (χ3n) is 11.6. The maximum absolute atomic E-state index is 14.1. The number of rotatable bonds is 18. The van der Waals surface area contributed by atoms with Crippen molar-refractivity contribution in [2.75, 3.05) is 32.1 Å². The molecule has 15 heteroatoms. The number of hydrogen-bond donors (Lipinski definition) is 4. The summed E-state index contributed by atoms with van der Waals surface area (Å²) in [5, 5.41) is 14.8. The highest BCUT2D eigenvalue weighted by molar-refractivity contribution is 7.89. The number of nitrogens with zero attached hydrogens (tertiary/aromatic N) is 3. The van der Waals surface area contributed by atoms with Crippen molar-refractivity contribution in [1.29, 1.82) is 0 Å². The molecule has 62 heavy (non-hydrogen) atoms. The zero-order valence-corrected chi connectivity index (χ0v) is 36.2. The molecule has 2 saturated carbocycles. The number of ether oxygens (including phenoxy) is 2. The van der Waals surface area contributed by atoms with E-state index in [9.17, 15) is 22.8 Å². The zero-order valence-electron chi connectivity index (χ0n) is 35.4. The fourth-order valence-corrected chi connectivity index (χ4v) is 9.61. The van der Waals surface area contributed by atoms with Crippen LogP contribution >= 0.6 is 0 Å². The van der Waals surface area contributed by atoms with Crippen LogP contribution in [0.25, 0.3) is 10.8 Å². The summed E-state index contributed by atoms with van der Waals surface area (Å²) < 4.78 is 43.4. The number of fused-ring (bicyclic) bond motifs is 1. The first kappa shape index (κ1) is 44.4. The van der Waals surface area contributed by atoms with E-state index in [1.165, 1.54) is 10.7 Å². The van der Waals surface area contributed by atoms with Gasteiger partial charge < -0.3 is 30.3 Å². The molecule has 3 amide bonds. The summed E-state index contributed by atoms with van der Waals surface area (Å²) in [7, 11) is -0.152. The third kappa shape index (κ3) is 11.4. The first-order valence-corrected chi connectivity index (χ1v) is 23.0. The second kappa shape index (κ2) is 21.0. The minimum atomic E-state index is -3.95. The van der Waals surface area contributed by atoms with Gasteiger partial charge in [-0.1, -0.05) is 111 Å². The van der Waals surface area contributed by atoms with Gasteiger partial charge in [-0.2, -0.15) is 5.10 Å². The molecule has 0 spiro atoms. The molecule has 328 valence electrons. The molecule has 14 nitrogen and oxygen atoms in total. The molecule has 2 aliphatic rings. The third-order valence-corrected chi connectivity index (χ3v) is 13.1. The Morgan fingerprint density at radius 2 is 1.27 bits per heavy atom. The largest absolute Gasteiger partial charge is 0.377 e. The molecule has 0 aliphatic heterocycles. The lowest BCUT2D eigenvalue weighted by Gasteiger charge is -2.32. The summed E-state index contributed by atoms with van der Waals surface area (Å²) in [6.07, 6.45) is 6.48. The van der Waals surface area contributed by atoms with E-state index in [-0.39, 0.29) is 66.1 Å². The number of anilines is 1. The maximum Gasteiger partial charge on any atom is 0.271 e. The van der Waals surface area contributed by atoms with Gasteiger partial charge in [0.2, 0.25) is 15.9 Å². The van der Waals surface area contributed by atoms with E-state index in [1.54, 1.807) is 18.2 Å². The molecule has 0 saturated heterocycles. The van der Waals surface area contributed by atoms with Crippen molar-refractivity contribution in [3.8, 4) is 0 Å². The van der Waals surface area contributed by atoms with Gasteiger partial charge in [0.15, 0.2) is 5.69 Å². The molecule has 4 aromatic carbocycles. The molecule has 5 aromatic rings. The predicted molar refractivity (Wildman–Crippen MR) is 238 cm³/mol. The molecule has 4 atom stereocenters. The first-order valence-electron chi connectivity index (χ1n) is 21.5. The quantitative estimate of drug-likeness (QED) is 0.0806. The predicted octanol–water partition coefficient (Wildman–Crippen LogP) is 5.71. The van der Waals surface area contributed by atoms with Crippen molar-refractivity contribution >= 4 is 44.2 Å². The highest BCUT2D eigenvalue weighted by Crippen LogP contribution is 2.30. The first-order chi connectivity index (χ1) is 30.1. The Balaban J connectivity index is 1.03. The van der Waals surface area contributed by atoms with E-state index in [2.05, 4.69) is 25.8 Å².